The summed E-state index contributed by atoms with van der Waals surface area (Å²) in [6.07, 6.45) is 3.67. The summed E-state index contributed by atoms with van der Waals surface area (Å²) in [7, 11) is 1.62. The summed E-state index contributed by atoms with van der Waals surface area (Å²) in [6, 6.07) is 1.96. The molecule has 0 fully saturated rings. The molecule has 0 radical (unpaired) electrons. The Morgan fingerprint density at radius 1 is 1.31 bits per heavy atom. The van der Waals surface area contributed by atoms with Crippen LogP contribution in [-0.2, 0) is 11.5 Å². The summed E-state index contributed by atoms with van der Waals surface area (Å²) >= 11 is 0. The molecule has 0 saturated carbocycles. The molecule has 1 aromatic heterocycles. The number of pyridine rings is 1. The van der Waals surface area contributed by atoms with Crippen LogP contribution in [0.25, 0.3) is 10.8 Å². The Morgan fingerprint density at radius 2 is 2.19 bits per heavy atom. The fourth-order valence-corrected chi connectivity index (χ4v) is 2.01. The van der Waals surface area contributed by atoms with Gasteiger partial charge in [-0.15, -0.1) is 0 Å². The molecule has 16 heavy (non-hydrogen) atoms. The van der Waals surface area contributed by atoms with Gasteiger partial charge in [-0.1, -0.05) is 0 Å². The van der Waals surface area contributed by atoms with E-state index in [-0.39, 0.29) is 0 Å². The van der Waals surface area contributed by atoms with Gasteiger partial charge in [0.25, 0.3) is 0 Å². The number of hydrogen-bond donors (Lipinski definition) is 0. The van der Waals surface area contributed by atoms with E-state index in [1.54, 1.807) is 7.11 Å². The SMILES string of the molecule is COc1cc2c(C)cncc2c2c1OOC2. The maximum absolute atomic E-state index is 5.29. The number of methoxy groups -OCH3 is 1. The van der Waals surface area contributed by atoms with Crippen LogP contribution in [0.15, 0.2) is 18.5 Å². The molecule has 4 nitrogen and oxygen atoms in total. The topological polar surface area (TPSA) is 40.6 Å². The zero-order valence-electron chi connectivity index (χ0n) is 9.11. The van der Waals surface area contributed by atoms with Gasteiger partial charge in [0.15, 0.2) is 5.75 Å². The van der Waals surface area contributed by atoms with E-state index < -0.39 is 0 Å². The van der Waals surface area contributed by atoms with Gasteiger partial charge in [0, 0.05) is 23.3 Å². The molecule has 1 aliphatic rings. The van der Waals surface area contributed by atoms with E-state index >= 15 is 0 Å². The number of ether oxygens (including phenoxy) is 1. The highest BCUT2D eigenvalue weighted by Gasteiger charge is 2.23. The smallest absolute Gasteiger partial charge is 0.213 e. The first kappa shape index (κ1) is 9.42. The van der Waals surface area contributed by atoms with Gasteiger partial charge in [-0.05, 0) is 23.9 Å². The molecule has 0 aliphatic carbocycles. The standard InChI is InChI=1S/C12H11NO3/c1-7-4-13-5-9-8(7)3-11(14-2)12-10(9)6-15-16-12/h3-5H,6H2,1-2H3. The van der Waals surface area contributed by atoms with Crippen LogP contribution in [0.1, 0.15) is 11.1 Å². The molecule has 0 amide bonds. The third kappa shape index (κ3) is 1.17. The summed E-state index contributed by atoms with van der Waals surface area (Å²) in [6.45, 7) is 2.46. The lowest BCUT2D eigenvalue weighted by Gasteiger charge is -2.08. The van der Waals surface area contributed by atoms with Crippen molar-refractivity contribution in [2.75, 3.05) is 7.11 Å². The molecule has 0 bridgehead atoms. The van der Waals surface area contributed by atoms with Gasteiger partial charge in [-0.2, -0.15) is 4.89 Å². The third-order valence-electron chi connectivity index (χ3n) is 2.85. The van der Waals surface area contributed by atoms with E-state index in [4.69, 9.17) is 14.5 Å². The maximum atomic E-state index is 5.29. The summed E-state index contributed by atoms with van der Waals surface area (Å²) < 4.78 is 5.29. The van der Waals surface area contributed by atoms with Crippen molar-refractivity contribution in [3.63, 3.8) is 0 Å². The minimum absolute atomic E-state index is 0.439. The van der Waals surface area contributed by atoms with Crippen molar-refractivity contribution < 1.29 is 14.5 Å². The van der Waals surface area contributed by atoms with Crippen LogP contribution in [0.3, 0.4) is 0 Å². The Labute approximate surface area is 92.7 Å². The average molecular weight is 217 g/mol. The van der Waals surface area contributed by atoms with Gasteiger partial charge in [0.1, 0.15) is 6.61 Å². The first-order valence-corrected chi connectivity index (χ1v) is 5.05. The minimum atomic E-state index is 0.439. The highest BCUT2D eigenvalue weighted by Crippen LogP contribution is 2.41. The highest BCUT2D eigenvalue weighted by molar-refractivity contribution is 5.91. The van der Waals surface area contributed by atoms with Crippen LogP contribution in [0, 0.1) is 6.92 Å². The number of rotatable bonds is 1. The van der Waals surface area contributed by atoms with E-state index in [1.807, 2.05) is 25.4 Å². The molecule has 0 saturated heterocycles. The Hall–Kier alpha value is -1.81. The Morgan fingerprint density at radius 3 is 3.00 bits per heavy atom. The molecule has 3 rings (SSSR count). The van der Waals surface area contributed by atoms with Gasteiger partial charge < -0.3 is 9.62 Å². The molecule has 2 heterocycles. The average Bonchev–Trinajstić information content (AvgIpc) is 2.78. The highest BCUT2D eigenvalue weighted by atomic mass is 17.2. The molecule has 0 atom stereocenters. The van der Waals surface area contributed by atoms with Crippen LogP contribution in [-0.4, -0.2) is 12.1 Å². The van der Waals surface area contributed by atoms with Crippen molar-refractivity contribution >= 4 is 10.8 Å². The second-order valence-corrected chi connectivity index (χ2v) is 3.78. The van der Waals surface area contributed by atoms with Crippen molar-refractivity contribution in [1.29, 1.82) is 0 Å². The van der Waals surface area contributed by atoms with E-state index in [9.17, 15) is 0 Å². The van der Waals surface area contributed by atoms with E-state index in [0.29, 0.717) is 18.1 Å². The first-order valence-electron chi connectivity index (χ1n) is 5.05. The fourth-order valence-electron chi connectivity index (χ4n) is 2.01. The zero-order valence-corrected chi connectivity index (χ0v) is 9.11. The lowest BCUT2D eigenvalue weighted by molar-refractivity contribution is -0.195. The minimum Gasteiger partial charge on any atom is -0.493 e. The number of aryl methyl sites for hydroxylation is 1. The molecule has 1 aromatic carbocycles. The summed E-state index contributed by atoms with van der Waals surface area (Å²) in [5.74, 6) is 1.37. The van der Waals surface area contributed by atoms with Gasteiger partial charge in [0.2, 0.25) is 5.75 Å². The Balaban J connectivity index is 2.43. The number of fused-ring (bicyclic) bond motifs is 3. The van der Waals surface area contributed by atoms with Crippen LogP contribution in [0.5, 0.6) is 11.5 Å². The molecule has 4 heteroatoms. The lowest BCUT2D eigenvalue weighted by atomic mass is 10.0. The van der Waals surface area contributed by atoms with E-state index in [0.717, 1.165) is 21.9 Å². The van der Waals surface area contributed by atoms with Crippen molar-refractivity contribution in [3.05, 3.63) is 29.6 Å². The summed E-state index contributed by atoms with van der Waals surface area (Å²) in [5.41, 5.74) is 2.12. The number of benzene rings is 1. The van der Waals surface area contributed by atoms with Gasteiger partial charge >= 0.3 is 0 Å². The lowest BCUT2D eigenvalue weighted by Crippen LogP contribution is -1.91. The first-order chi connectivity index (χ1) is 7.81. The molecular formula is C12H11NO3. The summed E-state index contributed by atoms with van der Waals surface area (Å²) in [4.78, 5) is 14.3. The largest absolute Gasteiger partial charge is 0.493 e. The van der Waals surface area contributed by atoms with Gasteiger partial charge in [-0.3, -0.25) is 4.98 Å². The van der Waals surface area contributed by atoms with E-state index in [2.05, 4.69) is 4.98 Å². The van der Waals surface area contributed by atoms with Crippen LogP contribution >= 0.6 is 0 Å². The van der Waals surface area contributed by atoms with Crippen LogP contribution < -0.4 is 9.62 Å². The second kappa shape index (κ2) is 3.35. The predicted octanol–water partition coefficient (Wildman–Crippen LogP) is 2.38. The molecule has 0 unspecified atom stereocenters. The quantitative estimate of drug-likeness (QED) is 0.687. The molecule has 0 spiro atoms. The van der Waals surface area contributed by atoms with Crippen molar-refractivity contribution in [2.24, 2.45) is 0 Å². The fraction of sp³-hybridized carbons (Fsp3) is 0.250. The van der Waals surface area contributed by atoms with Gasteiger partial charge in [-0.25, -0.2) is 0 Å². The van der Waals surface area contributed by atoms with E-state index in [1.165, 1.54) is 0 Å². The summed E-state index contributed by atoms with van der Waals surface area (Å²) in [5, 5.41) is 2.19. The zero-order chi connectivity index (χ0) is 11.1. The molecule has 1 aliphatic heterocycles. The Bertz CT molecular complexity index is 566. The molecule has 82 valence electrons. The van der Waals surface area contributed by atoms with Gasteiger partial charge in [0.05, 0.1) is 7.11 Å². The normalized spacial score (nSPS) is 13.6. The molecule has 0 N–H and O–H groups in total. The molecular weight excluding hydrogens is 206 g/mol. The number of hydrogen-bond acceptors (Lipinski definition) is 4. The van der Waals surface area contributed by atoms with Crippen molar-refractivity contribution in [2.45, 2.75) is 13.5 Å². The monoisotopic (exact) mass is 217 g/mol. The number of aromatic nitrogens is 1. The Kier molecular flexibility index (Phi) is 1.97. The van der Waals surface area contributed by atoms with Crippen molar-refractivity contribution in [1.82, 2.24) is 4.98 Å². The maximum Gasteiger partial charge on any atom is 0.213 e. The van der Waals surface area contributed by atoms with Crippen LogP contribution in [0.4, 0.5) is 0 Å². The predicted molar refractivity (Wildman–Crippen MR) is 58.4 cm³/mol. The van der Waals surface area contributed by atoms with Crippen molar-refractivity contribution in [3.8, 4) is 11.5 Å². The third-order valence-corrected chi connectivity index (χ3v) is 2.85. The second-order valence-electron chi connectivity index (χ2n) is 3.78. The number of nitrogens with zero attached hydrogens (tertiary/aromatic N) is 1. The molecule has 2 aromatic rings. The van der Waals surface area contributed by atoms with Crippen LogP contribution in [0.2, 0.25) is 0 Å².